The zero-order valence-electron chi connectivity index (χ0n) is 9.58. The highest BCUT2D eigenvalue weighted by Gasteiger charge is 2.12. The van der Waals surface area contributed by atoms with Crippen molar-refractivity contribution in [2.45, 2.75) is 0 Å². The first kappa shape index (κ1) is 13.5. The Balaban J connectivity index is 2.24. The SMILES string of the molecule is Nc1ccc(C(=O)Nc2cc(F)c(Br)cc2F)cc1. The maximum absolute atomic E-state index is 13.5. The van der Waals surface area contributed by atoms with Crippen molar-refractivity contribution in [3.63, 3.8) is 0 Å². The fourth-order valence-electron chi connectivity index (χ4n) is 1.45. The third kappa shape index (κ3) is 3.08. The van der Waals surface area contributed by atoms with Crippen LogP contribution in [-0.4, -0.2) is 5.91 Å². The van der Waals surface area contributed by atoms with Crippen molar-refractivity contribution in [2.24, 2.45) is 0 Å². The number of carbonyl (C=O) groups is 1. The van der Waals surface area contributed by atoms with Crippen LogP contribution in [0.4, 0.5) is 20.2 Å². The van der Waals surface area contributed by atoms with Crippen molar-refractivity contribution in [3.05, 3.63) is 58.1 Å². The van der Waals surface area contributed by atoms with Crippen LogP contribution >= 0.6 is 15.9 Å². The van der Waals surface area contributed by atoms with E-state index in [0.717, 1.165) is 12.1 Å². The summed E-state index contributed by atoms with van der Waals surface area (Å²) in [4.78, 5) is 11.8. The summed E-state index contributed by atoms with van der Waals surface area (Å²) in [5, 5.41) is 2.30. The number of nitrogens with one attached hydrogen (secondary N) is 1. The minimum Gasteiger partial charge on any atom is -0.399 e. The molecule has 98 valence electrons. The van der Waals surface area contributed by atoms with E-state index in [1.54, 1.807) is 12.1 Å². The largest absolute Gasteiger partial charge is 0.399 e. The average molecular weight is 327 g/mol. The van der Waals surface area contributed by atoms with E-state index >= 15 is 0 Å². The van der Waals surface area contributed by atoms with Crippen LogP contribution in [0.25, 0.3) is 0 Å². The van der Waals surface area contributed by atoms with E-state index in [9.17, 15) is 13.6 Å². The Kier molecular flexibility index (Phi) is 3.80. The summed E-state index contributed by atoms with van der Waals surface area (Å²) in [6, 6.07) is 7.96. The predicted molar refractivity (Wildman–Crippen MR) is 72.9 cm³/mol. The van der Waals surface area contributed by atoms with Gasteiger partial charge in [0.2, 0.25) is 0 Å². The molecule has 0 radical (unpaired) electrons. The molecule has 0 saturated heterocycles. The lowest BCUT2D eigenvalue weighted by molar-refractivity contribution is 0.102. The molecular formula is C13H9BrF2N2O. The number of nitrogen functional groups attached to an aromatic ring is 1. The van der Waals surface area contributed by atoms with Crippen LogP contribution in [0.15, 0.2) is 40.9 Å². The highest BCUT2D eigenvalue weighted by molar-refractivity contribution is 9.10. The standard InChI is InChI=1S/C13H9BrF2N2O/c14-9-5-11(16)12(6-10(9)15)18-13(19)7-1-3-8(17)4-2-7/h1-6H,17H2,(H,18,19). The highest BCUT2D eigenvalue weighted by Crippen LogP contribution is 2.23. The molecule has 0 spiro atoms. The van der Waals surface area contributed by atoms with E-state index in [2.05, 4.69) is 21.2 Å². The van der Waals surface area contributed by atoms with Crippen molar-refractivity contribution < 1.29 is 13.6 Å². The van der Waals surface area contributed by atoms with Crippen LogP contribution in [0.2, 0.25) is 0 Å². The molecule has 3 nitrogen and oxygen atoms in total. The average Bonchev–Trinajstić information content (AvgIpc) is 2.36. The molecular weight excluding hydrogens is 318 g/mol. The second kappa shape index (κ2) is 5.36. The van der Waals surface area contributed by atoms with Crippen molar-refractivity contribution in [1.82, 2.24) is 0 Å². The fraction of sp³-hybridized carbons (Fsp3) is 0. The van der Waals surface area contributed by atoms with Gasteiger partial charge in [0, 0.05) is 17.3 Å². The van der Waals surface area contributed by atoms with Gasteiger partial charge >= 0.3 is 0 Å². The molecule has 0 aliphatic heterocycles. The number of amides is 1. The van der Waals surface area contributed by atoms with E-state index in [1.165, 1.54) is 12.1 Å². The molecule has 0 aliphatic rings. The molecule has 3 N–H and O–H groups in total. The van der Waals surface area contributed by atoms with Crippen LogP contribution in [-0.2, 0) is 0 Å². The summed E-state index contributed by atoms with van der Waals surface area (Å²) < 4.78 is 26.8. The molecule has 0 aliphatic carbocycles. The summed E-state index contributed by atoms with van der Waals surface area (Å²) in [6.45, 7) is 0. The molecule has 6 heteroatoms. The molecule has 0 fully saturated rings. The van der Waals surface area contributed by atoms with Gasteiger partial charge in [0.05, 0.1) is 10.2 Å². The van der Waals surface area contributed by atoms with Crippen molar-refractivity contribution in [2.75, 3.05) is 11.1 Å². The van der Waals surface area contributed by atoms with Crippen LogP contribution < -0.4 is 11.1 Å². The van der Waals surface area contributed by atoms with Crippen LogP contribution in [0.5, 0.6) is 0 Å². The van der Waals surface area contributed by atoms with Crippen LogP contribution in [0.1, 0.15) is 10.4 Å². The first-order valence-corrected chi connectivity index (χ1v) is 6.08. The second-order valence-electron chi connectivity index (χ2n) is 3.82. The summed E-state index contributed by atoms with van der Waals surface area (Å²) in [5.74, 6) is -1.92. The molecule has 0 aromatic heterocycles. The second-order valence-corrected chi connectivity index (χ2v) is 4.68. The first-order chi connectivity index (χ1) is 8.97. The van der Waals surface area contributed by atoms with E-state index < -0.39 is 17.5 Å². The Morgan fingerprint density at radius 2 is 1.74 bits per heavy atom. The lowest BCUT2D eigenvalue weighted by Gasteiger charge is -2.07. The molecule has 2 aromatic rings. The van der Waals surface area contributed by atoms with Gasteiger partial charge in [0.25, 0.3) is 5.91 Å². The number of hydrogen-bond acceptors (Lipinski definition) is 2. The maximum atomic E-state index is 13.5. The zero-order valence-corrected chi connectivity index (χ0v) is 11.2. The number of hydrogen-bond donors (Lipinski definition) is 2. The van der Waals surface area contributed by atoms with Gasteiger partial charge in [-0.1, -0.05) is 0 Å². The van der Waals surface area contributed by atoms with Crippen LogP contribution in [0, 0.1) is 11.6 Å². The topological polar surface area (TPSA) is 55.1 Å². The molecule has 1 amide bonds. The van der Waals surface area contributed by atoms with Gasteiger partial charge in [-0.3, -0.25) is 4.79 Å². The van der Waals surface area contributed by atoms with E-state index in [1.807, 2.05) is 0 Å². The monoisotopic (exact) mass is 326 g/mol. The lowest BCUT2D eigenvalue weighted by Crippen LogP contribution is -2.13. The molecule has 19 heavy (non-hydrogen) atoms. The van der Waals surface area contributed by atoms with E-state index in [0.29, 0.717) is 11.3 Å². The van der Waals surface area contributed by atoms with Crippen LogP contribution in [0.3, 0.4) is 0 Å². The van der Waals surface area contributed by atoms with E-state index in [4.69, 9.17) is 5.73 Å². The Hall–Kier alpha value is -1.95. The molecule has 2 rings (SSSR count). The third-order valence-corrected chi connectivity index (χ3v) is 3.04. The van der Waals surface area contributed by atoms with Gasteiger partial charge in [-0.15, -0.1) is 0 Å². The normalized spacial score (nSPS) is 10.3. The number of rotatable bonds is 2. The van der Waals surface area contributed by atoms with Gasteiger partial charge < -0.3 is 11.1 Å². The van der Waals surface area contributed by atoms with Gasteiger partial charge in [-0.05, 0) is 46.3 Å². The summed E-state index contributed by atoms with van der Waals surface area (Å²) in [7, 11) is 0. The van der Waals surface area contributed by atoms with Crippen molar-refractivity contribution in [1.29, 1.82) is 0 Å². The number of anilines is 2. The van der Waals surface area contributed by atoms with Gasteiger partial charge in [0.1, 0.15) is 11.6 Å². The molecule has 0 unspecified atom stereocenters. The van der Waals surface area contributed by atoms with Crippen molar-refractivity contribution >= 4 is 33.2 Å². The quantitative estimate of drug-likeness (QED) is 0.654. The predicted octanol–water partition coefficient (Wildman–Crippen LogP) is 3.56. The number of benzene rings is 2. The Morgan fingerprint density at radius 3 is 2.37 bits per heavy atom. The molecule has 0 saturated carbocycles. The Labute approximate surface area is 116 Å². The molecule has 0 atom stereocenters. The summed E-state index contributed by atoms with van der Waals surface area (Å²) >= 11 is 2.86. The molecule has 0 bridgehead atoms. The minimum absolute atomic E-state index is 0.00418. The van der Waals surface area contributed by atoms with E-state index in [-0.39, 0.29) is 10.2 Å². The smallest absolute Gasteiger partial charge is 0.255 e. The number of nitrogens with two attached hydrogens (primary N) is 1. The fourth-order valence-corrected chi connectivity index (χ4v) is 1.76. The number of carbonyl (C=O) groups excluding carboxylic acids is 1. The minimum atomic E-state index is -0.725. The molecule has 2 aromatic carbocycles. The third-order valence-electron chi connectivity index (χ3n) is 2.43. The molecule has 0 heterocycles. The maximum Gasteiger partial charge on any atom is 0.255 e. The highest BCUT2D eigenvalue weighted by atomic mass is 79.9. The van der Waals surface area contributed by atoms with Gasteiger partial charge in [-0.25, -0.2) is 8.78 Å². The van der Waals surface area contributed by atoms with Crippen molar-refractivity contribution in [3.8, 4) is 0 Å². The Bertz CT molecular complexity index is 629. The number of halogens is 3. The Morgan fingerprint density at radius 1 is 1.11 bits per heavy atom. The van der Waals surface area contributed by atoms with Gasteiger partial charge in [-0.2, -0.15) is 0 Å². The van der Waals surface area contributed by atoms with Gasteiger partial charge in [0.15, 0.2) is 0 Å². The summed E-state index contributed by atoms with van der Waals surface area (Å²) in [6.07, 6.45) is 0. The zero-order chi connectivity index (χ0) is 14.0. The first-order valence-electron chi connectivity index (χ1n) is 5.29. The summed E-state index contributed by atoms with van der Waals surface area (Å²) in [5.41, 5.74) is 6.09. The lowest BCUT2D eigenvalue weighted by atomic mass is 10.2.